The lowest BCUT2D eigenvalue weighted by molar-refractivity contribution is 0.0844. The molecule has 0 aliphatic rings. The van der Waals surface area contributed by atoms with Crippen molar-refractivity contribution in [3.8, 4) is 5.75 Å². The molecule has 0 atom stereocenters. The van der Waals surface area contributed by atoms with E-state index in [1.165, 1.54) is 0 Å². The predicted octanol–water partition coefficient (Wildman–Crippen LogP) is 3.56. The molecular formula is C18H19BrN2O3. The third-order valence-electron chi connectivity index (χ3n) is 3.08. The van der Waals surface area contributed by atoms with Gasteiger partial charge >= 0.3 is 0 Å². The lowest BCUT2D eigenvalue weighted by Gasteiger charge is -2.14. The molecule has 0 aliphatic carbocycles. The third kappa shape index (κ3) is 5.09. The first kappa shape index (κ1) is 18.0. The predicted molar refractivity (Wildman–Crippen MR) is 95.8 cm³/mol. The van der Waals surface area contributed by atoms with Crippen LogP contribution in [0.5, 0.6) is 5.75 Å². The van der Waals surface area contributed by atoms with Gasteiger partial charge in [0, 0.05) is 10.0 Å². The molecule has 0 bridgehead atoms. The zero-order valence-corrected chi connectivity index (χ0v) is 15.1. The topological polar surface area (TPSA) is 67.4 Å². The van der Waals surface area contributed by atoms with Gasteiger partial charge in [0.15, 0.2) is 0 Å². The maximum Gasteiger partial charge on any atom is 0.273 e. The number of carbonyl (C=O) groups excluding carboxylic acids is 2. The molecule has 2 N–H and O–H groups in total. The van der Waals surface area contributed by atoms with Crippen molar-refractivity contribution in [1.82, 2.24) is 10.9 Å². The molecule has 2 rings (SSSR count). The lowest BCUT2D eigenvalue weighted by atomic mass is 10.2. The van der Waals surface area contributed by atoms with Crippen LogP contribution in [0, 0.1) is 5.92 Å². The molecular weight excluding hydrogens is 372 g/mol. The molecule has 5 nitrogen and oxygen atoms in total. The lowest BCUT2D eigenvalue weighted by Crippen LogP contribution is -2.41. The van der Waals surface area contributed by atoms with Gasteiger partial charge in [0.05, 0.1) is 12.2 Å². The molecule has 0 saturated carbocycles. The molecule has 0 unspecified atom stereocenters. The minimum absolute atomic E-state index is 0.336. The SMILES string of the molecule is CC(C)COc1ccc(Br)cc1C(=O)NNC(=O)c1ccccc1. The van der Waals surface area contributed by atoms with Gasteiger partial charge in [0.2, 0.25) is 0 Å². The number of nitrogens with one attached hydrogen (secondary N) is 2. The zero-order chi connectivity index (χ0) is 17.5. The number of rotatable bonds is 5. The number of halogens is 1. The van der Waals surface area contributed by atoms with Gasteiger partial charge in [-0.05, 0) is 36.2 Å². The monoisotopic (exact) mass is 390 g/mol. The van der Waals surface area contributed by atoms with Crippen molar-refractivity contribution >= 4 is 27.7 Å². The third-order valence-corrected chi connectivity index (χ3v) is 3.58. The number of hydrogen-bond acceptors (Lipinski definition) is 3. The van der Waals surface area contributed by atoms with E-state index in [1.54, 1.807) is 42.5 Å². The van der Waals surface area contributed by atoms with E-state index in [9.17, 15) is 9.59 Å². The highest BCUT2D eigenvalue weighted by molar-refractivity contribution is 9.10. The minimum atomic E-state index is -0.445. The Labute approximate surface area is 149 Å². The second-order valence-electron chi connectivity index (χ2n) is 5.62. The van der Waals surface area contributed by atoms with E-state index in [1.807, 2.05) is 19.9 Å². The summed E-state index contributed by atoms with van der Waals surface area (Å²) in [5.74, 6) is -0.0244. The Morgan fingerprint density at radius 1 is 1.04 bits per heavy atom. The van der Waals surface area contributed by atoms with Gasteiger partial charge in [-0.15, -0.1) is 0 Å². The van der Waals surface area contributed by atoms with Crippen LogP contribution in [0.25, 0.3) is 0 Å². The molecule has 126 valence electrons. The molecule has 0 radical (unpaired) electrons. The first-order chi connectivity index (χ1) is 11.5. The van der Waals surface area contributed by atoms with Crippen LogP contribution in [0.2, 0.25) is 0 Å². The summed E-state index contributed by atoms with van der Waals surface area (Å²) in [5, 5.41) is 0. The standard InChI is InChI=1S/C18H19BrN2O3/c1-12(2)11-24-16-9-8-14(19)10-15(16)18(23)21-20-17(22)13-6-4-3-5-7-13/h3-10,12H,11H2,1-2H3,(H,20,22)(H,21,23). The van der Waals surface area contributed by atoms with Crippen molar-refractivity contribution in [1.29, 1.82) is 0 Å². The summed E-state index contributed by atoms with van der Waals surface area (Å²) >= 11 is 3.34. The molecule has 0 fully saturated rings. The van der Waals surface area contributed by atoms with Gasteiger partial charge in [-0.25, -0.2) is 0 Å². The van der Waals surface area contributed by atoms with Crippen molar-refractivity contribution in [2.45, 2.75) is 13.8 Å². The Bertz CT molecular complexity index is 717. The highest BCUT2D eigenvalue weighted by Gasteiger charge is 2.15. The fraction of sp³-hybridized carbons (Fsp3) is 0.222. The average Bonchev–Trinajstić information content (AvgIpc) is 2.58. The van der Waals surface area contributed by atoms with E-state index in [0.717, 1.165) is 4.47 Å². The maximum atomic E-state index is 12.4. The van der Waals surface area contributed by atoms with Crippen LogP contribution in [0.4, 0.5) is 0 Å². The first-order valence-corrected chi connectivity index (χ1v) is 8.34. The Morgan fingerprint density at radius 3 is 2.38 bits per heavy atom. The molecule has 0 saturated heterocycles. The fourth-order valence-corrected chi connectivity index (χ4v) is 2.27. The van der Waals surface area contributed by atoms with E-state index >= 15 is 0 Å². The number of benzene rings is 2. The van der Waals surface area contributed by atoms with Crippen LogP contribution in [-0.4, -0.2) is 18.4 Å². The van der Waals surface area contributed by atoms with Crippen molar-refractivity contribution in [2.24, 2.45) is 5.92 Å². The van der Waals surface area contributed by atoms with Crippen LogP contribution in [0.1, 0.15) is 34.6 Å². The van der Waals surface area contributed by atoms with E-state index in [0.29, 0.717) is 29.4 Å². The van der Waals surface area contributed by atoms with Gasteiger partial charge in [0.1, 0.15) is 5.75 Å². The molecule has 2 amide bonds. The largest absolute Gasteiger partial charge is 0.492 e. The average molecular weight is 391 g/mol. The van der Waals surface area contributed by atoms with Crippen molar-refractivity contribution in [3.05, 3.63) is 64.1 Å². The van der Waals surface area contributed by atoms with Crippen molar-refractivity contribution in [2.75, 3.05) is 6.61 Å². The summed E-state index contributed by atoms with van der Waals surface area (Å²) < 4.78 is 6.42. The molecule has 0 heterocycles. The summed E-state index contributed by atoms with van der Waals surface area (Å²) in [5.41, 5.74) is 5.62. The fourth-order valence-electron chi connectivity index (χ4n) is 1.90. The van der Waals surface area contributed by atoms with E-state index in [-0.39, 0.29) is 5.91 Å². The number of carbonyl (C=O) groups is 2. The van der Waals surface area contributed by atoms with Crippen LogP contribution in [-0.2, 0) is 0 Å². The van der Waals surface area contributed by atoms with Crippen LogP contribution in [0.3, 0.4) is 0 Å². The number of hydrazine groups is 1. The molecule has 2 aromatic carbocycles. The minimum Gasteiger partial charge on any atom is -0.492 e. The smallest absolute Gasteiger partial charge is 0.273 e. The summed E-state index contributed by atoms with van der Waals surface area (Å²) in [7, 11) is 0. The van der Waals surface area contributed by atoms with Crippen molar-refractivity contribution in [3.63, 3.8) is 0 Å². The molecule has 6 heteroatoms. The Balaban J connectivity index is 2.06. The Kier molecular flexibility index (Phi) is 6.37. The van der Waals surface area contributed by atoms with Gasteiger partial charge in [-0.3, -0.25) is 20.4 Å². The quantitative estimate of drug-likeness (QED) is 0.766. The second kappa shape index (κ2) is 8.49. The molecule has 0 aromatic heterocycles. The van der Waals surface area contributed by atoms with Gasteiger partial charge in [0.25, 0.3) is 11.8 Å². The first-order valence-electron chi connectivity index (χ1n) is 7.55. The number of ether oxygens (including phenoxy) is 1. The molecule has 0 aliphatic heterocycles. The van der Waals surface area contributed by atoms with Crippen LogP contribution < -0.4 is 15.6 Å². The van der Waals surface area contributed by atoms with Crippen molar-refractivity contribution < 1.29 is 14.3 Å². The Morgan fingerprint density at radius 2 is 1.71 bits per heavy atom. The summed E-state index contributed by atoms with van der Waals surface area (Å²) in [4.78, 5) is 24.4. The molecule has 2 aromatic rings. The zero-order valence-electron chi connectivity index (χ0n) is 13.5. The van der Waals surface area contributed by atoms with Crippen LogP contribution >= 0.6 is 15.9 Å². The van der Waals surface area contributed by atoms with Gasteiger partial charge in [-0.2, -0.15) is 0 Å². The van der Waals surface area contributed by atoms with Gasteiger partial charge < -0.3 is 4.74 Å². The highest BCUT2D eigenvalue weighted by Crippen LogP contribution is 2.23. The summed E-state index contributed by atoms with van der Waals surface area (Å²) in [6.07, 6.45) is 0. The molecule has 0 spiro atoms. The summed E-state index contributed by atoms with van der Waals surface area (Å²) in [6.45, 7) is 4.55. The second-order valence-corrected chi connectivity index (χ2v) is 6.54. The normalized spacial score (nSPS) is 10.3. The van der Waals surface area contributed by atoms with Crippen LogP contribution in [0.15, 0.2) is 53.0 Å². The van der Waals surface area contributed by atoms with E-state index < -0.39 is 5.91 Å². The van der Waals surface area contributed by atoms with E-state index in [4.69, 9.17) is 4.74 Å². The van der Waals surface area contributed by atoms with E-state index in [2.05, 4.69) is 26.8 Å². The van der Waals surface area contributed by atoms with Gasteiger partial charge in [-0.1, -0.05) is 48.0 Å². The highest BCUT2D eigenvalue weighted by atomic mass is 79.9. The maximum absolute atomic E-state index is 12.4. The number of hydrogen-bond donors (Lipinski definition) is 2. The summed E-state index contributed by atoms with van der Waals surface area (Å²) in [6, 6.07) is 13.8. The Hall–Kier alpha value is -2.34. The number of amides is 2. The molecule has 24 heavy (non-hydrogen) atoms.